The van der Waals surface area contributed by atoms with Gasteiger partial charge in [0.2, 0.25) is 5.91 Å². The van der Waals surface area contributed by atoms with Crippen molar-refractivity contribution in [1.82, 2.24) is 9.21 Å². The van der Waals surface area contributed by atoms with Crippen molar-refractivity contribution in [2.45, 2.75) is 10.6 Å². The number of carbonyl (C=O) groups excluding carboxylic acids is 1. The van der Waals surface area contributed by atoms with E-state index >= 15 is 0 Å². The topological polar surface area (TPSA) is 76.2 Å². The number of hydrogen-bond donors (Lipinski definition) is 0. The molecule has 1 saturated heterocycles. The van der Waals surface area contributed by atoms with Gasteiger partial charge in [-0.3, -0.25) is 4.79 Å². The third-order valence-electron chi connectivity index (χ3n) is 4.94. The first-order valence-electron chi connectivity index (χ1n) is 9.66. The van der Waals surface area contributed by atoms with Gasteiger partial charge in [-0.2, -0.15) is 4.31 Å². The molecule has 0 N–H and O–H groups in total. The molecule has 2 aliphatic heterocycles. The zero-order chi connectivity index (χ0) is 22.0. The highest BCUT2D eigenvalue weighted by molar-refractivity contribution is 7.91. The van der Waals surface area contributed by atoms with E-state index in [9.17, 15) is 13.2 Å². The lowest BCUT2D eigenvalue weighted by atomic mass is 10.1. The number of thiophene rings is 1. The first-order chi connectivity index (χ1) is 14.8. The molecule has 0 aliphatic carbocycles. The normalized spacial score (nSPS) is 17.7. The predicted octanol–water partition coefficient (Wildman–Crippen LogP) is 3.76. The van der Waals surface area contributed by atoms with Crippen molar-refractivity contribution in [1.29, 1.82) is 0 Å². The molecule has 2 aliphatic rings. The molecule has 166 valence electrons. The van der Waals surface area contributed by atoms with E-state index in [0.717, 1.165) is 23.3 Å². The Bertz CT molecular complexity index is 1110. The summed E-state index contributed by atoms with van der Waals surface area (Å²) in [6.07, 6.45) is 3.90. The van der Waals surface area contributed by atoms with Crippen LogP contribution in [0.3, 0.4) is 0 Å². The van der Waals surface area contributed by atoms with Gasteiger partial charge >= 0.3 is 0 Å². The molecule has 0 saturated carbocycles. The molecule has 2 aromatic rings. The highest BCUT2D eigenvalue weighted by atomic mass is 35.5. The van der Waals surface area contributed by atoms with Crippen molar-refractivity contribution in [3.8, 4) is 11.5 Å². The van der Waals surface area contributed by atoms with Crippen molar-refractivity contribution in [2.75, 3.05) is 39.4 Å². The monoisotopic (exact) mass is 502 g/mol. The average molecular weight is 503 g/mol. The highest BCUT2D eigenvalue weighted by Gasteiger charge is 2.30. The SMILES string of the molecule is O=C(/C=C/c1cc(Cl)c2c(c1)OCCCO2)N1CCN(S(=O)(=O)c2ccc(Cl)s2)CC1. The van der Waals surface area contributed by atoms with Crippen LogP contribution in [0.25, 0.3) is 6.08 Å². The number of piperazine rings is 1. The van der Waals surface area contributed by atoms with Crippen LogP contribution in [0.5, 0.6) is 11.5 Å². The molecule has 0 atom stereocenters. The van der Waals surface area contributed by atoms with E-state index in [1.807, 2.05) is 0 Å². The van der Waals surface area contributed by atoms with Gasteiger partial charge in [-0.1, -0.05) is 23.2 Å². The lowest BCUT2D eigenvalue weighted by Gasteiger charge is -2.33. The van der Waals surface area contributed by atoms with Gasteiger partial charge in [0.15, 0.2) is 11.5 Å². The number of sulfonamides is 1. The molecule has 0 spiro atoms. The van der Waals surface area contributed by atoms with Crippen molar-refractivity contribution < 1.29 is 22.7 Å². The van der Waals surface area contributed by atoms with E-state index < -0.39 is 10.0 Å². The molecular formula is C20H20Cl2N2O5S2. The number of rotatable bonds is 4. The molecule has 1 aromatic carbocycles. The predicted molar refractivity (Wildman–Crippen MR) is 121 cm³/mol. The zero-order valence-electron chi connectivity index (χ0n) is 16.4. The third-order valence-corrected chi connectivity index (χ3v) is 8.81. The Morgan fingerprint density at radius 3 is 2.52 bits per heavy atom. The fourth-order valence-electron chi connectivity index (χ4n) is 3.33. The fourth-order valence-corrected chi connectivity index (χ4v) is 6.67. The number of benzene rings is 1. The fraction of sp³-hybridized carbons (Fsp3) is 0.350. The summed E-state index contributed by atoms with van der Waals surface area (Å²) in [6, 6.07) is 6.57. The maximum Gasteiger partial charge on any atom is 0.252 e. The largest absolute Gasteiger partial charge is 0.489 e. The molecule has 0 radical (unpaired) electrons. The summed E-state index contributed by atoms with van der Waals surface area (Å²) >= 11 is 13.2. The Labute approximate surface area is 194 Å². The summed E-state index contributed by atoms with van der Waals surface area (Å²) in [5, 5.41) is 0.430. The smallest absolute Gasteiger partial charge is 0.252 e. The lowest BCUT2D eigenvalue weighted by molar-refractivity contribution is -0.127. The number of carbonyl (C=O) groups is 1. The Morgan fingerprint density at radius 2 is 1.81 bits per heavy atom. The Hall–Kier alpha value is -1.78. The van der Waals surface area contributed by atoms with E-state index in [1.54, 1.807) is 29.2 Å². The van der Waals surface area contributed by atoms with Gasteiger partial charge in [0.1, 0.15) is 4.21 Å². The van der Waals surface area contributed by atoms with Gasteiger partial charge in [0, 0.05) is 38.7 Å². The summed E-state index contributed by atoms with van der Waals surface area (Å²) in [5.41, 5.74) is 0.721. The number of fused-ring (bicyclic) bond motifs is 1. The van der Waals surface area contributed by atoms with Gasteiger partial charge in [-0.05, 0) is 35.9 Å². The van der Waals surface area contributed by atoms with E-state index in [0.29, 0.717) is 47.2 Å². The molecule has 7 nitrogen and oxygen atoms in total. The number of ether oxygens (including phenoxy) is 2. The van der Waals surface area contributed by atoms with Crippen LogP contribution in [-0.2, 0) is 14.8 Å². The van der Waals surface area contributed by atoms with E-state index in [2.05, 4.69) is 0 Å². The van der Waals surface area contributed by atoms with Crippen molar-refractivity contribution >= 4 is 56.5 Å². The minimum Gasteiger partial charge on any atom is -0.489 e. The molecule has 3 heterocycles. The van der Waals surface area contributed by atoms with Crippen LogP contribution in [0.4, 0.5) is 0 Å². The van der Waals surface area contributed by atoms with Crippen LogP contribution in [-0.4, -0.2) is 62.9 Å². The first kappa shape index (κ1) is 22.4. The second-order valence-electron chi connectivity index (χ2n) is 7.00. The Morgan fingerprint density at radius 1 is 1.06 bits per heavy atom. The number of hydrogen-bond acceptors (Lipinski definition) is 6. The molecule has 1 aromatic heterocycles. The highest BCUT2D eigenvalue weighted by Crippen LogP contribution is 2.38. The average Bonchev–Trinajstić information content (AvgIpc) is 3.06. The van der Waals surface area contributed by atoms with Crippen LogP contribution in [0.2, 0.25) is 9.36 Å². The summed E-state index contributed by atoms with van der Waals surface area (Å²) in [4.78, 5) is 14.2. The molecule has 4 rings (SSSR count). The van der Waals surface area contributed by atoms with Crippen LogP contribution >= 0.6 is 34.5 Å². The van der Waals surface area contributed by atoms with Crippen LogP contribution < -0.4 is 9.47 Å². The van der Waals surface area contributed by atoms with Gasteiger partial charge in [-0.15, -0.1) is 11.3 Å². The summed E-state index contributed by atoms with van der Waals surface area (Å²) in [7, 11) is -3.59. The molecule has 1 fully saturated rings. The van der Waals surface area contributed by atoms with Gasteiger partial charge in [0.05, 0.1) is 22.6 Å². The molecule has 0 bridgehead atoms. The number of amides is 1. The minimum atomic E-state index is -3.59. The van der Waals surface area contributed by atoms with Gasteiger partial charge in [0.25, 0.3) is 10.0 Å². The summed E-state index contributed by atoms with van der Waals surface area (Å²) in [5.74, 6) is 0.885. The van der Waals surface area contributed by atoms with E-state index in [-0.39, 0.29) is 23.2 Å². The first-order valence-corrected chi connectivity index (χ1v) is 12.7. The van der Waals surface area contributed by atoms with Crippen LogP contribution in [0.15, 0.2) is 34.6 Å². The van der Waals surface area contributed by atoms with Crippen LogP contribution in [0, 0.1) is 0 Å². The van der Waals surface area contributed by atoms with Gasteiger partial charge in [-0.25, -0.2) is 8.42 Å². The molecular weight excluding hydrogens is 483 g/mol. The summed E-state index contributed by atoms with van der Waals surface area (Å²) in [6.45, 7) is 2.16. The molecule has 31 heavy (non-hydrogen) atoms. The maximum atomic E-state index is 12.7. The Kier molecular flexibility index (Phi) is 6.78. The quantitative estimate of drug-likeness (QED) is 0.594. The third kappa shape index (κ3) is 5.01. The summed E-state index contributed by atoms with van der Waals surface area (Å²) < 4.78 is 38.7. The minimum absolute atomic E-state index is 0.195. The van der Waals surface area contributed by atoms with Crippen LogP contribution in [0.1, 0.15) is 12.0 Å². The standard InChI is InChI=1S/C20H20Cl2N2O5S2/c21-15-12-14(13-16-20(15)29-11-1-10-28-16)2-4-18(25)23-6-8-24(9-7-23)31(26,27)19-5-3-17(22)30-19/h2-5,12-13H,1,6-11H2/b4-2+. The van der Waals surface area contributed by atoms with Crippen molar-refractivity contribution in [2.24, 2.45) is 0 Å². The molecule has 0 unspecified atom stereocenters. The number of nitrogens with zero attached hydrogens (tertiary/aromatic N) is 2. The van der Waals surface area contributed by atoms with Gasteiger partial charge < -0.3 is 14.4 Å². The van der Waals surface area contributed by atoms with Crippen molar-refractivity contribution in [3.05, 3.63) is 45.3 Å². The second-order valence-corrected chi connectivity index (χ2v) is 11.3. The van der Waals surface area contributed by atoms with Crippen molar-refractivity contribution in [3.63, 3.8) is 0 Å². The molecule has 1 amide bonds. The Balaban J connectivity index is 1.39. The van der Waals surface area contributed by atoms with E-state index in [4.69, 9.17) is 32.7 Å². The second kappa shape index (κ2) is 9.38. The maximum absolute atomic E-state index is 12.7. The zero-order valence-corrected chi connectivity index (χ0v) is 19.6. The number of halogens is 2. The molecule has 11 heteroatoms. The van der Waals surface area contributed by atoms with E-state index in [1.165, 1.54) is 16.4 Å². The lowest BCUT2D eigenvalue weighted by Crippen LogP contribution is -2.50.